The third-order valence-electron chi connectivity index (χ3n) is 2.70. The maximum absolute atomic E-state index is 13.2. The fourth-order valence-electron chi connectivity index (χ4n) is 1.76. The summed E-state index contributed by atoms with van der Waals surface area (Å²) < 4.78 is 19.0. The van der Waals surface area contributed by atoms with Gasteiger partial charge in [0.25, 0.3) is 0 Å². The van der Waals surface area contributed by atoms with Gasteiger partial charge < -0.3 is 4.74 Å². The molecular weight excluding hydrogens is 331 g/mol. The quantitative estimate of drug-likeness (QED) is 0.684. The average Bonchev–Trinajstić information content (AvgIpc) is 2.40. The van der Waals surface area contributed by atoms with E-state index in [-0.39, 0.29) is 11.9 Å². The summed E-state index contributed by atoms with van der Waals surface area (Å²) in [6, 6.07) is 14.0. The van der Waals surface area contributed by atoms with E-state index in [1.807, 2.05) is 30.3 Å². The van der Waals surface area contributed by atoms with Crippen molar-refractivity contribution in [2.45, 2.75) is 12.7 Å². The molecule has 2 aromatic carbocycles. The first-order valence-electron chi connectivity index (χ1n) is 5.86. The summed E-state index contributed by atoms with van der Waals surface area (Å²) in [5.41, 5.74) is 1.81. The van der Waals surface area contributed by atoms with Crippen LogP contribution in [0.1, 0.15) is 17.2 Å². The maximum atomic E-state index is 13.2. The molecule has 2 rings (SSSR count). The molecule has 19 heavy (non-hydrogen) atoms. The molecule has 0 fully saturated rings. The molecule has 0 heterocycles. The van der Waals surface area contributed by atoms with Crippen LogP contribution in [0.3, 0.4) is 0 Å². The predicted octanol–water partition coefficient (Wildman–Crippen LogP) is 5.13. The second kappa shape index (κ2) is 7.04. The highest BCUT2D eigenvalue weighted by Crippen LogP contribution is 2.22. The molecule has 0 N–H and O–H groups in total. The van der Waals surface area contributed by atoms with Crippen molar-refractivity contribution in [3.8, 4) is 0 Å². The van der Waals surface area contributed by atoms with Crippen LogP contribution in [0.25, 0.3) is 0 Å². The topological polar surface area (TPSA) is 9.23 Å². The van der Waals surface area contributed by atoms with Gasteiger partial charge in [0.05, 0.1) is 12.7 Å². The second-order valence-corrected chi connectivity index (χ2v) is 5.22. The molecule has 0 amide bonds. The highest BCUT2D eigenvalue weighted by atomic mass is 79.9. The lowest BCUT2D eigenvalue weighted by Crippen LogP contribution is -2.06. The van der Waals surface area contributed by atoms with Gasteiger partial charge in [0.15, 0.2) is 0 Å². The fourth-order valence-corrected chi connectivity index (χ4v) is 2.53. The molecule has 2 aromatic rings. The van der Waals surface area contributed by atoms with Crippen molar-refractivity contribution >= 4 is 27.5 Å². The third kappa shape index (κ3) is 4.30. The SMILES string of the molecule is Fc1cccc(C(CBr)OCc2cccc(Cl)c2)c1. The number of hydrogen-bond donors (Lipinski definition) is 0. The van der Waals surface area contributed by atoms with Crippen molar-refractivity contribution in [1.82, 2.24) is 0 Å². The molecule has 4 heteroatoms. The number of halogens is 3. The van der Waals surface area contributed by atoms with Crippen LogP contribution in [0.15, 0.2) is 48.5 Å². The van der Waals surface area contributed by atoms with Crippen molar-refractivity contribution < 1.29 is 9.13 Å². The minimum atomic E-state index is -0.255. The summed E-state index contributed by atoms with van der Waals surface area (Å²) in [4.78, 5) is 0. The number of benzene rings is 2. The van der Waals surface area contributed by atoms with Crippen molar-refractivity contribution in [3.63, 3.8) is 0 Å². The molecule has 100 valence electrons. The van der Waals surface area contributed by atoms with Crippen LogP contribution in [0.4, 0.5) is 4.39 Å². The Kier molecular flexibility index (Phi) is 5.37. The minimum Gasteiger partial charge on any atom is -0.368 e. The molecule has 1 unspecified atom stereocenters. The van der Waals surface area contributed by atoms with E-state index in [4.69, 9.17) is 16.3 Å². The number of alkyl halides is 1. The summed E-state index contributed by atoms with van der Waals surface area (Å²) in [5, 5.41) is 1.29. The van der Waals surface area contributed by atoms with Crippen LogP contribution in [0, 0.1) is 5.82 Å². The monoisotopic (exact) mass is 342 g/mol. The van der Waals surface area contributed by atoms with Gasteiger partial charge in [-0.1, -0.05) is 51.8 Å². The van der Waals surface area contributed by atoms with E-state index in [9.17, 15) is 4.39 Å². The first-order chi connectivity index (χ1) is 9.19. The Balaban J connectivity index is 2.04. The normalized spacial score (nSPS) is 12.4. The van der Waals surface area contributed by atoms with E-state index in [1.54, 1.807) is 6.07 Å². The molecular formula is C15H13BrClFO. The van der Waals surface area contributed by atoms with Crippen LogP contribution in [0.5, 0.6) is 0 Å². The molecule has 0 aliphatic carbocycles. The van der Waals surface area contributed by atoms with Gasteiger partial charge in [0.1, 0.15) is 5.82 Å². The zero-order valence-corrected chi connectivity index (χ0v) is 12.5. The van der Waals surface area contributed by atoms with Gasteiger partial charge in [0.2, 0.25) is 0 Å². The van der Waals surface area contributed by atoms with Gasteiger partial charge in [-0.15, -0.1) is 0 Å². The predicted molar refractivity (Wildman–Crippen MR) is 79.2 cm³/mol. The van der Waals surface area contributed by atoms with Gasteiger partial charge in [-0.2, -0.15) is 0 Å². The maximum Gasteiger partial charge on any atom is 0.123 e. The Morgan fingerprint density at radius 1 is 1.16 bits per heavy atom. The third-order valence-corrected chi connectivity index (χ3v) is 3.52. The molecule has 1 nitrogen and oxygen atoms in total. The summed E-state index contributed by atoms with van der Waals surface area (Å²) in [6.07, 6.45) is -0.185. The Labute approximate surface area is 125 Å². The first kappa shape index (κ1) is 14.5. The molecule has 0 saturated carbocycles. The van der Waals surface area contributed by atoms with Crippen molar-refractivity contribution in [2.24, 2.45) is 0 Å². The highest BCUT2D eigenvalue weighted by molar-refractivity contribution is 9.09. The molecule has 0 aliphatic heterocycles. The smallest absolute Gasteiger partial charge is 0.123 e. The summed E-state index contributed by atoms with van der Waals surface area (Å²) in [5.74, 6) is -0.255. The Morgan fingerprint density at radius 2 is 1.95 bits per heavy atom. The Hall–Kier alpha value is -0.900. The minimum absolute atomic E-state index is 0.185. The van der Waals surface area contributed by atoms with E-state index in [2.05, 4.69) is 15.9 Å². The van der Waals surface area contributed by atoms with E-state index in [1.165, 1.54) is 12.1 Å². The molecule has 0 aromatic heterocycles. The van der Waals surface area contributed by atoms with Gasteiger partial charge in [-0.05, 0) is 35.4 Å². The molecule has 0 radical (unpaired) electrons. The zero-order valence-electron chi connectivity index (χ0n) is 10.2. The standard InChI is InChI=1S/C15H13BrClFO/c16-9-15(12-4-2-6-14(18)8-12)19-10-11-3-1-5-13(17)7-11/h1-8,15H,9-10H2. The lowest BCUT2D eigenvalue weighted by molar-refractivity contribution is 0.0564. The molecule has 0 aliphatic rings. The largest absolute Gasteiger partial charge is 0.368 e. The zero-order chi connectivity index (χ0) is 13.7. The lowest BCUT2D eigenvalue weighted by atomic mass is 10.1. The van der Waals surface area contributed by atoms with Crippen LogP contribution in [-0.4, -0.2) is 5.33 Å². The summed E-state index contributed by atoms with van der Waals surface area (Å²) in [7, 11) is 0. The number of ether oxygens (including phenoxy) is 1. The number of rotatable bonds is 5. The number of hydrogen-bond acceptors (Lipinski definition) is 1. The molecule has 0 bridgehead atoms. The fraction of sp³-hybridized carbons (Fsp3) is 0.200. The molecule has 0 saturated heterocycles. The molecule has 0 spiro atoms. The van der Waals surface area contributed by atoms with Crippen molar-refractivity contribution in [1.29, 1.82) is 0 Å². The van der Waals surface area contributed by atoms with Crippen LogP contribution in [0.2, 0.25) is 5.02 Å². The van der Waals surface area contributed by atoms with Crippen LogP contribution < -0.4 is 0 Å². The summed E-state index contributed by atoms with van der Waals surface area (Å²) in [6.45, 7) is 0.438. The van der Waals surface area contributed by atoms with E-state index in [0.717, 1.165) is 11.1 Å². The summed E-state index contributed by atoms with van der Waals surface area (Å²) >= 11 is 9.31. The van der Waals surface area contributed by atoms with Gasteiger partial charge in [-0.25, -0.2) is 4.39 Å². The van der Waals surface area contributed by atoms with Crippen LogP contribution in [-0.2, 0) is 11.3 Å². The second-order valence-electron chi connectivity index (χ2n) is 4.14. The molecule has 1 atom stereocenters. The first-order valence-corrected chi connectivity index (χ1v) is 7.36. The lowest BCUT2D eigenvalue weighted by Gasteiger charge is -2.16. The highest BCUT2D eigenvalue weighted by Gasteiger charge is 2.11. The van der Waals surface area contributed by atoms with Crippen molar-refractivity contribution in [2.75, 3.05) is 5.33 Å². The van der Waals surface area contributed by atoms with Crippen LogP contribution >= 0.6 is 27.5 Å². The van der Waals surface area contributed by atoms with E-state index < -0.39 is 0 Å². The average molecular weight is 344 g/mol. The van der Waals surface area contributed by atoms with Gasteiger partial charge in [0, 0.05) is 10.4 Å². The van der Waals surface area contributed by atoms with Gasteiger partial charge >= 0.3 is 0 Å². The van der Waals surface area contributed by atoms with E-state index >= 15 is 0 Å². The van der Waals surface area contributed by atoms with Crippen molar-refractivity contribution in [3.05, 3.63) is 70.5 Å². The Bertz CT molecular complexity index is 547. The van der Waals surface area contributed by atoms with E-state index in [0.29, 0.717) is 17.0 Å². The Morgan fingerprint density at radius 3 is 2.63 bits per heavy atom. The van der Waals surface area contributed by atoms with Gasteiger partial charge in [-0.3, -0.25) is 0 Å².